The molecule has 0 radical (unpaired) electrons. The van der Waals surface area contributed by atoms with Crippen molar-refractivity contribution in [3.8, 4) is 0 Å². The monoisotopic (exact) mass is 270 g/mol. The highest BCUT2D eigenvalue weighted by molar-refractivity contribution is 7.80. The fourth-order valence-corrected chi connectivity index (χ4v) is 3.62. The highest BCUT2D eigenvalue weighted by atomic mass is 32.1. The third-order valence-electron chi connectivity index (χ3n) is 4.36. The first-order chi connectivity index (χ1) is 8.79. The summed E-state index contributed by atoms with van der Waals surface area (Å²) in [5.41, 5.74) is 0. The Morgan fingerprint density at radius 1 is 1.28 bits per heavy atom. The van der Waals surface area contributed by atoms with Crippen LogP contribution in [0.1, 0.15) is 39.0 Å². The Balaban J connectivity index is 1.50. The molecule has 0 aromatic rings. The smallest absolute Gasteiger partial charge is 0.166 e. The van der Waals surface area contributed by atoms with Gasteiger partial charge in [-0.05, 0) is 62.6 Å². The van der Waals surface area contributed by atoms with Crippen LogP contribution in [0, 0.1) is 17.8 Å². The molecule has 0 amide bonds. The Labute approximate surface area is 116 Å². The number of hydrogen-bond acceptors (Lipinski definition) is 2. The average Bonchev–Trinajstić information content (AvgIpc) is 2.98. The van der Waals surface area contributed by atoms with Crippen molar-refractivity contribution < 1.29 is 4.74 Å². The van der Waals surface area contributed by atoms with Crippen molar-refractivity contribution in [2.24, 2.45) is 17.8 Å². The van der Waals surface area contributed by atoms with Crippen LogP contribution >= 0.6 is 12.2 Å². The van der Waals surface area contributed by atoms with Crippen LogP contribution in [0.3, 0.4) is 0 Å². The molecule has 0 aromatic heterocycles. The van der Waals surface area contributed by atoms with Gasteiger partial charge in [-0.25, -0.2) is 0 Å². The van der Waals surface area contributed by atoms with Crippen LogP contribution in [-0.2, 0) is 4.74 Å². The van der Waals surface area contributed by atoms with Crippen molar-refractivity contribution >= 4 is 17.3 Å². The lowest BCUT2D eigenvalue weighted by Gasteiger charge is -2.22. The molecule has 4 heteroatoms. The van der Waals surface area contributed by atoms with Crippen LogP contribution < -0.4 is 10.6 Å². The van der Waals surface area contributed by atoms with Crippen molar-refractivity contribution in [2.45, 2.75) is 39.0 Å². The quantitative estimate of drug-likeness (QED) is 0.549. The molecule has 0 heterocycles. The van der Waals surface area contributed by atoms with Crippen molar-refractivity contribution in [3.63, 3.8) is 0 Å². The van der Waals surface area contributed by atoms with E-state index in [1.807, 2.05) is 6.92 Å². The minimum absolute atomic E-state index is 0.799. The summed E-state index contributed by atoms with van der Waals surface area (Å²) >= 11 is 5.29. The predicted molar refractivity (Wildman–Crippen MR) is 78.7 cm³/mol. The van der Waals surface area contributed by atoms with Gasteiger partial charge in [0, 0.05) is 26.3 Å². The minimum Gasteiger partial charge on any atom is -0.382 e. The molecule has 0 aromatic carbocycles. The lowest BCUT2D eigenvalue weighted by atomic mass is 9.89. The standard InChI is InChI=1S/C14H26N2OS/c1-2-17-7-3-6-15-14(18)16-10-13-9-11-4-5-12(13)8-11/h11-13H,2-10H2,1H3,(H2,15,16,18). The van der Waals surface area contributed by atoms with Gasteiger partial charge in [0.1, 0.15) is 0 Å². The third-order valence-corrected chi connectivity index (χ3v) is 4.65. The van der Waals surface area contributed by atoms with E-state index in [0.29, 0.717) is 0 Å². The van der Waals surface area contributed by atoms with Gasteiger partial charge in [-0.3, -0.25) is 0 Å². The predicted octanol–water partition coefficient (Wildman–Crippen LogP) is 2.31. The van der Waals surface area contributed by atoms with Gasteiger partial charge in [-0.2, -0.15) is 0 Å². The number of fused-ring (bicyclic) bond motifs is 2. The minimum atomic E-state index is 0.799. The number of rotatable bonds is 7. The molecule has 104 valence electrons. The van der Waals surface area contributed by atoms with Gasteiger partial charge in [0.05, 0.1) is 0 Å². The van der Waals surface area contributed by atoms with E-state index in [1.165, 1.54) is 25.7 Å². The zero-order valence-corrected chi connectivity index (χ0v) is 12.2. The first kappa shape index (κ1) is 14.1. The van der Waals surface area contributed by atoms with Gasteiger partial charge in [0.2, 0.25) is 0 Å². The van der Waals surface area contributed by atoms with Crippen LogP contribution in [0.4, 0.5) is 0 Å². The Kier molecular flexibility index (Phi) is 5.70. The third kappa shape index (κ3) is 4.09. The van der Waals surface area contributed by atoms with Gasteiger partial charge in [0.25, 0.3) is 0 Å². The molecule has 0 aliphatic heterocycles. The van der Waals surface area contributed by atoms with Crippen molar-refractivity contribution in [1.29, 1.82) is 0 Å². The molecule has 2 saturated carbocycles. The first-order valence-corrected chi connectivity index (χ1v) is 7.80. The highest BCUT2D eigenvalue weighted by Gasteiger charge is 2.39. The second-order valence-electron chi connectivity index (χ2n) is 5.62. The van der Waals surface area contributed by atoms with Crippen LogP contribution in [0.15, 0.2) is 0 Å². The van der Waals surface area contributed by atoms with E-state index >= 15 is 0 Å². The summed E-state index contributed by atoms with van der Waals surface area (Å²) in [6, 6.07) is 0. The van der Waals surface area contributed by atoms with Crippen molar-refractivity contribution in [3.05, 3.63) is 0 Å². The van der Waals surface area contributed by atoms with E-state index in [-0.39, 0.29) is 0 Å². The van der Waals surface area contributed by atoms with Gasteiger partial charge in [-0.15, -0.1) is 0 Å². The second kappa shape index (κ2) is 7.29. The summed E-state index contributed by atoms with van der Waals surface area (Å²) in [6.07, 6.45) is 6.84. The van der Waals surface area contributed by atoms with E-state index in [9.17, 15) is 0 Å². The molecule has 2 N–H and O–H groups in total. The topological polar surface area (TPSA) is 33.3 Å². The molecule has 2 aliphatic rings. The molecule has 2 rings (SSSR count). The second-order valence-corrected chi connectivity index (χ2v) is 6.03. The van der Waals surface area contributed by atoms with E-state index < -0.39 is 0 Å². The molecule has 0 spiro atoms. The maximum Gasteiger partial charge on any atom is 0.166 e. The molecule has 2 aliphatic carbocycles. The van der Waals surface area contributed by atoms with E-state index in [4.69, 9.17) is 17.0 Å². The maximum atomic E-state index is 5.29. The van der Waals surface area contributed by atoms with Gasteiger partial charge in [0.15, 0.2) is 5.11 Å². The molecule has 0 saturated heterocycles. The zero-order chi connectivity index (χ0) is 12.8. The molecular weight excluding hydrogens is 244 g/mol. The first-order valence-electron chi connectivity index (χ1n) is 7.39. The molecule has 18 heavy (non-hydrogen) atoms. The summed E-state index contributed by atoms with van der Waals surface area (Å²) in [6.45, 7) is 5.61. The van der Waals surface area contributed by atoms with E-state index in [1.54, 1.807) is 0 Å². The fraction of sp³-hybridized carbons (Fsp3) is 0.929. The summed E-state index contributed by atoms with van der Waals surface area (Å²) < 4.78 is 5.29. The normalized spacial score (nSPS) is 29.5. The Bertz CT molecular complexity index is 273. The lowest BCUT2D eigenvalue weighted by molar-refractivity contribution is 0.145. The van der Waals surface area contributed by atoms with Crippen molar-refractivity contribution in [1.82, 2.24) is 10.6 Å². The fourth-order valence-electron chi connectivity index (χ4n) is 3.43. The number of ether oxygens (including phenoxy) is 1. The molecule has 2 bridgehead atoms. The summed E-state index contributed by atoms with van der Waals surface area (Å²) in [5, 5.41) is 7.44. The van der Waals surface area contributed by atoms with Gasteiger partial charge < -0.3 is 15.4 Å². The Morgan fingerprint density at radius 2 is 2.17 bits per heavy atom. The molecular formula is C14H26N2OS. The number of nitrogens with one attached hydrogen (secondary N) is 2. The van der Waals surface area contributed by atoms with Crippen LogP contribution in [-0.4, -0.2) is 31.4 Å². The average molecular weight is 270 g/mol. The zero-order valence-electron chi connectivity index (χ0n) is 11.4. The SMILES string of the molecule is CCOCCCNC(=S)NCC1CC2CCC1C2. The summed E-state index contributed by atoms with van der Waals surface area (Å²) in [4.78, 5) is 0. The maximum absolute atomic E-state index is 5.29. The lowest BCUT2D eigenvalue weighted by Crippen LogP contribution is -2.39. The van der Waals surface area contributed by atoms with Crippen LogP contribution in [0.25, 0.3) is 0 Å². The molecule has 3 atom stereocenters. The molecule has 3 unspecified atom stereocenters. The van der Waals surface area contributed by atoms with Crippen molar-refractivity contribution in [2.75, 3.05) is 26.3 Å². The largest absolute Gasteiger partial charge is 0.382 e. The molecule has 2 fully saturated rings. The highest BCUT2D eigenvalue weighted by Crippen LogP contribution is 2.47. The van der Waals surface area contributed by atoms with E-state index in [2.05, 4.69) is 10.6 Å². The van der Waals surface area contributed by atoms with Crippen LogP contribution in [0.2, 0.25) is 0 Å². The number of thiocarbonyl (C=S) groups is 1. The van der Waals surface area contributed by atoms with Crippen LogP contribution in [0.5, 0.6) is 0 Å². The van der Waals surface area contributed by atoms with Gasteiger partial charge in [-0.1, -0.05) is 6.42 Å². The Morgan fingerprint density at radius 3 is 2.83 bits per heavy atom. The molecule has 3 nitrogen and oxygen atoms in total. The van der Waals surface area contributed by atoms with Gasteiger partial charge >= 0.3 is 0 Å². The summed E-state index contributed by atoms with van der Waals surface area (Å²) in [5.74, 6) is 2.87. The van der Waals surface area contributed by atoms with E-state index in [0.717, 1.165) is 55.6 Å². The Hall–Kier alpha value is -0.350. The summed E-state index contributed by atoms with van der Waals surface area (Å²) in [7, 11) is 0. The number of hydrogen-bond donors (Lipinski definition) is 2.